The van der Waals surface area contributed by atoms with Crippen molar-refractivity contribution in [3.63, 3.8) is 0 Å². The van der Waals surface area contributed by atoms with Gasteiger partial charge in [0.15, 0.2) is 11.1 Å². The number of nitrogens with zero attached hydrogens (tertiary/aromatic N) is 3. The van der Waals surface area contributed by atoms with Gasteiger partial charge in [0.05, 0.1) is 31.1 Å². The Morgan fingerprint density at radius 1 is 1.35 bits per heavy atom. The zero-order valence-corrected chi connectivity index (χ0v) is 15.5. The fourth-order valence-electron chi connectivity index (χ4n) is 2.88. The van der Waals surface area contributed by atoms with E-state index in [1.54, 1.807) is 12.1 Å². The lowest BCUT2D eigenvalue weighted by atomic mass is 10.2. The number of ether oxygens (including phenoxy) is 2. The van der Waals surface area contributed by atoms with Crippen LogP contribution in [-0.2, 0) is 14.3 Å². The van der Waals surface area contributed by atoms with E-state index in [9.17, 15) is 14.0 Å². The Hall–Kier alpha value is -1.77. The van der Waals surface area contributed by atoms with Gasteiger partial charge in [-0.05, 0) is 18.2 Å². The second-order valence-corrected chi connectivity index (χ2v) is 7.03. The Morgan fingerprint density at radius 2 is 2.04 bits per heavy atom. The first kappa shape index (κ1) is 19.0. The topological polar surface area (TPSA) is 62.3 Å². The van der Waals surface area contributed by atoms with Gasteiger partial charge in [-0.3, -0.25) is 9.69 Å². The predicted molar refractivity (Wildman–Crippen MR) is 95.3 cm³/mol. The van der Waals surface area contributed by atoms with Crippen LogP contribution in [0, 0.1) is 5.82 Å². The van der Waals surface area contributed by atoms with Crippen LogP contribution in [0.4, 0.5) is 20.6 Å². The van der Waals surface area contributed by atoms with Crippen LogP contribution >= 0.6 is 23.2 Å². The third-order valence-electron chi connectivity index (χ3n) is 4.36. The number of cyclic esters (lactones) is 1. The Morgan fingerprint density at radius 3 is 2.65 bits per heavy atom. The number of amides is 2. The SMILES string of the molecule is CN(C(=O)C(Cl)Cl)C1CN(c2ccc(N3CCOCC3)c(F)c2)C(=O)O1. The Kier molecular flexibility index (Phi) is 5.74. The molecule has 2 fully saturated rings. The van der Waals surface area contributed by atoms with Gasteiger partial charge < -0.3 is 19.3 Å². The Balaban J connectivity index is 1.74. The van der Waals surface area contributed by atoms with Crippen LogP contribution in [0.5, 0.6) is 0 Å². The number of hydrogen-bond acceptors (Lipinski definition) is 5. The van der Waals surface area contributed by atoms with Gasteiger partial charge in [-0.1, -0.05) is 23.2 Å². The second-order valence-electron chi connectivity index (χ2n) is 5.93. The van der Waals surface area contributed by atoms with E-state index in [0.29, 0.717) is 37.7 Å². The highest BCUT2D eigenvalue weighted by Gasteiger charge is 2.38. The predicted octanol–water partition coefficient (Wildman–Crippen LogP) is 2.21. The lowest BCUT2D eigenvalue weighted by molar-refractivity contribution is -0.134. The monoisotopic (exact) mass is 405 g/mol. The smallest absolute Gasteiger partial charge is 0.416 e. The standard InChI is InChI=1S/C16H18Cl2FN3O4/c1-20(15(23)14(17)18)13-9-22(16(24)26-13)10-2-3-12(11(19)8-10)21-4-6-25-7-5-21/h2-3,8,13-14H,4-7,9H2,1H3. The average molecular weight is 406 g/mol. The summed E-state index contributed by atoms with van der Waals surface area (Å²) in [4.78, 5) is 27.0. The lowest BCUT2D eigenvalue weighted by Gasteiger charge is -2.29. The van der Waals surface area contributed by atoms with Gasteiger partial charge in [-0.25, -0.2) is 9.18 Å². The first-order valence-electron chi connectivity index (χ1n) is 8.03. The molecule has 7 nitrogen and oxygen atoms in total. The van der Waals surface area contributed by atoms with Gasteiger partial charge in [-0.2, -0.15) is 0 Å². The maximum absolute atomic E-state index is 14.5. The van der Waals surface area contributed by atoms with E-state index in [1.165, 1.54) is 18.0 Å². The number of hydrogen-bond donors (Lipinski definition) is 0. The number of carbonyl (C=O) groups excluding carboxylic acids is 2. The fourth-order valence-corrected chi connectivity index (χ4v) is 3.19. The summed E-state index contributed by atoms with van der Waals surface area (Å²) >= 11 is 11.1. The van der Waals surface area contributed by atoms with Crippen LogP contribution in [0.2, 0.25) is 0 Å². The zero-order valence-electron chi connectivity index (χ0n) is 14.0. The summed E-state index contributed by atoms with van der Waals surface area (Å²) in [5.41, 5.74) is 0.807. The molecule has 0 N–H and O–H groups in total. The van der Waals surface area contributed by atoms with Crippen molar-refractivity contribution in [2.45, 2.75) is 11.1 Å². The number of benzene rings is 1. The van der Waals surface area contributed by atoms with Crippen molar-refractivity contribution in [3.05, 3.63) is 24.0 Å². The molecule has 1 aromatic rings. The summed E-state index contributed by atoms with van der Waals surface area (Å²) in [6.45, 7) is 2.36. The van der Waals surface area contributed by atoms with Gasteiger partial charge in [0.1, 0.15) is 5.82 Å². The summed E-state index contributed by atoms with van der Waals surface area (Å²) < 4.78 is 25.0. The molecule has 2 aliphatic heterocycles. The van der Waals surface area contributed by atoms with Crippen LogP contribution in [0.1, 0.15) is 0 Å². The minimum absolute atomic E-state index is 0.0535. The highest BCUT2D eigenvalue weighted by atomic mass is 35.5. The molecule has 2 amide bonds. The first-order valence-corrected chi connectivity index (χ1v) is 8.91. The van der Waals surface area contributed by atoms with Crippen molar-refractivity contribution >= 4 is 46.6 Å². The number of morpholine rings is 1. The molecular weight excluding hydrogens is 388 g/mol. The highest BCUT2D eigenvalue weighted by Crippen LogP contribution is 2.29. The highest BCUT2D eigenvalue weighted by molar-refractivity contribution is 6.53. The minimum Gasteiger partial charge on any atom is -0.423 e. The number of halogens is 3. The largest absolute Gasteiger partial charge is 0.423 e. The number of anilines is 2. The van der Waals surface area contributed by atoms with Gasteiger partial charge in [-0.15, -0.1) is 0 Å². The van der Waals surface area contributed by atoms with Crippen LogP contribution in [0.3, 0.4) is 0 Å². The molecule has 0 spiro atoms. The van der Waals surface area contributed by atoms with Crippen LogP contribution < -0.4 is 9.80 Å². The maximum Gasteiger partial charge on any atom is 0.416 e. The minimum atomic E-state index is -1.25. The van der Waals surface area contributed by atoms with Crippen molar-refractivity contribution in [2.75, 3.05) is 49.7 Å². The normalized spacial score (nSPS) is 20.5. The molecule has 0 aromatic heterocycles. The molecule has 26 heavy (non-hydrogen) atoms. The molecule has 10 heteroatoms. The number of alkyl halides is 2. The third-order valence-corrected chi connectivity index (χ3v) is 4.73. The van der Waals surface area contributed by atoms with E-state index in [-0.39, 0.29) is 6.54 Å². The van der Waals surface area contributed by atoms with Crippen molar-refractivity contribution in [1.82, 2.24) is 4.90 Å². The summed E-state index contributed by atoms with van der Waals surface area (Å²) in [5.74, 6) is -1.02. The first-order chi connectivity index (χ1) is 12.4. The lowest BCUT2D eigenvalue weighted by Crippen LogP contribution is -2.42. The van der Waals surface area contributed by atoms with Crippen LogP contribution in [0.15, 0.2) is 18.2 Å². The Labute approximate surface area is 160 Å². The van der Waals surface area contributed by atoms with Gasteiger partial charge in [0, 0.05) is 20.1 Å². The molecule has 2 aliphatic rings. The Bertz CT molecular complexity index is 700. The van der Waals surface area contributed by atoms with Crippen LogP contribution in [0.25, 0.3) is 0 Å². The van der Waals surface area contributed by atoms with Crippen LogP contribution in [-0.4, -0.2) is 67.9 Å². The molecule has 2 saturated heterocycles. The summed E-state index contributed by atoms with van der Waals surface area (Å²) in [6, 6.07) is 4.55. The molecule has 1 aromatic carbocycles. The van der Waals surface area contributed by atoms with Crippen molar-refractivity contribution < 1.29 is 23.5 Å². The molecule has 0 saturated carbocycles. The number of likely N-dealkylation sites (N-methyl/N-ethyl adjacent to an activating group) is 1. The summed E-state index contributed by atoms with van der Waals surface area (Å²) in [5, 5.41) is 0. The third kappa shape index (κ3) is 3.82. The summed E-state index contributed by atoms with van der Waals surface area (Å²) in [7, 11) is 1.43. The molecular formula is C16H18Cl2FN3O4. The molecule has 3 rings (SSSR count). The van der Waals surface area contributed by atoms with E-state index < -0.39 is 28.9 Å². The molecule has 0 bridgehead atoms. The van der Waals surface area contributed by atoms with Crippen molar-refractivity contribution in [1.29, 1.82) is 0 Å². The molecule has 2 heterocycles. The zero-order chi connectivity index (χ0) is 18.8. The van der Waals surface area contributed by atoms with Crippen molar-refractivity contribution in [2.24, 2.45) is 0 Å². The van der Waals surface area contributed by atoms with E-state index in [1.807, 2.05) is 4.90 Å². The maximum atomic E-state index is 14.5. The average Bonchev–Trinajstić information content (AvgIpc) is 3.02. The number of carbonyl (C=O) groups is 2. The fraction of sp³-hybridized carbons (Fsp3) is 0.500. The van der Waals surface area contributed by atoms with Crippen molar-refractivity contribution in [3.8, 4) is 0 Å². The molecule has 1 atom stereocenters. The van der Waals surface area contributed by atoms with E-state index in [2.05, 4.69) is 0 Å². The quantitative estimate of drug-likeness (QED) is 0.718. The van der Waals surface area contributed by atoms with Gasteiger partial charge in [0.2, 0.25) is 0 Å². The van der Waals surface area contributed by atoms with E-state index >= 15 is 0 Å². The molecule has 1 unspecified atom stereocenters. The summed E-state index contributed by atoms with van der Waals surface area (Å²) in [6.07, 6.45) is -1.52. The number of rotatable bonds is 4. The van der Waals surface area contributed by atoms with E-state index in [4.69, 9.17) is 32.7 Å². The molecule has 0 radical (unpaired) electrons. The molecule has 0 aliphatic carbocycles. The molecule has 142 valence electrons. The van der Waals surface area contributed by atoms with Gasteiger partial charge >= 0.3 is 6.09 Å². The van der Waals surface area contributed by atoms with Gasteiger partial charge in [0.25, 0.3) is 5.91 Å². The second kappa shape index (κ2) is 7.85. The van der Waals surface area contributed by atoms with E-state index in [0.717, 1.165) is 4.90 Å².